The summed E-state index contributed by atoms with van der Waals surface area (Å²) < 4.78 is 0. The number of aromatic hydroxyl groups is 4. The van der Waals surface area contributed by atoms with Crippen molar-refractivity contribution in [1.82, 2.24) is 0 Å². The van der Waals surface area contributed by atoms with Gasteiger partial charge in [0.1, 0.15) is 11.5 Å². The summed E-state index contributed by atoms with van der Waals surface area (Å²) in [5.41, 5.74) is 4.97. The molecule has 6 unspecified atom stereocenters. The van der Waals surface area contributed by atoms with Crippen LogP contribution < -0.4 is 0 Å². The van der Waals surface area contributed by atoms with Crippen LogP contribution >= 0.6 is 0 Å². The van der Waals surface area contributed by atoms with Gasteiger partial charge >= 0.3 is 5.97 Å². The number of carboxylic acid groups (broad SMARTS) is 1. The Morgan fingerprint density at radius 3 is 2.12 bits per heavy atom. The van der Waals surface area contributed by atoms with E-state index in [9.17, 15) is 39.9 Å². The normalized spacial score (nSPS) is 32.8. The number of phenolic OH excluding ortho intramolecular Hbond substituents is 4. The first-order chi connectivity index (χ1) is 24.2. The highest BCUT2D eigenvalue weighted by Crippen LogP contribution is 2.74. The van der Waals surface area contributed by atoms with Gasteiger partial charge in [0.25, 0.3) is 0 Å². The number of hydrogen-bond donors (Lipinski definition) is 5. The minimum absolute atomic E-state index is 0.00431. The van der Waals surface area contributed by atoms with Gasteiger partial charge in [0.15, 0.2) is 17.3 Å². The van der Waals surface area contributed by atoms with Gasteiger partial charge in [-0.15, -0.1) is 0 Å². The molecule has 6 atom stereocenters. The van der Waals surface area contributed by atoms with E-state index in [1.54, 1.807) is 13.0 Å². The van der Waals surface area contributed by atoms with Gasteiger partial charge in [0.2, 0.25) is 5.78 Å². The number of rotatable bonds is 1. The second-order valence-corrected chi connectivity index (χ2v) is 17.6. The van der Waals surface area contributed by atoms with Crippen molar-refractivity contribution >= 4 is 17.5 Å². The van der Waals surface area contributed by atoms with Crippen molar-refractivity contribution in [3.05, 3.63) is 92.6 Å². The SMILES string of the molecule is Cc1c(O)c(O)cc2c1CC=C1C2(C)CCC2(C)C3CC(C)(C(=O)O)CCC3(C)CCC12C.Cc1cc(O)c2c(c1)C(=O)c1cccc(O)c1C2=O. The lowest BCUT2D eigenvalue weighted by atomic mass is 9.34. The number of fused-ring (bicyclic) bond motifs is 9. The summed E-state index contributed by atoms with van der Waals surface area (Å²) in [6, 6.07) is 9.17. The summed E-state index contributed by atoms with van der Waals surface area (Å²) in [4.78, 5) is 36.9. The van der Waals surface area contributed by atoms with Gasteiger partial charge in [-0.2, -0.15) is 0 Å². The molecular formula is C44H50O8. The maximum absolute atomic E-state index is 12.3. The van der Waals surface area contributed by atoms with Gasteiger partial charge in [-0.3, -0.25) is 14.4 Å². The maximum Gasteiger partial charge on any atom is 0.309 e. The van der Waals surface area contributed by atoms with Crippen molar-refractivity contribution < 1.29 is 39.9 Å². The number of hydrogen-bond acceptors (Lipinski definition) is 7. The molecule has 0 saturated heterocycles. The molecule has 8 nitrogen and oxygen atoms in total. The highest BCUT2D eigenvalue weighted by Gasteiger charge is 2.67. The van der Waals surface area contributed by atoms with Gasteiger partial charge < -0.3 is 25.5 Å². The second kappa shape index (κ2) is 11.5. The minimum Gasteiger partial charge on any atom is -0.507 e. The molecule has 5 aliphatic rings. The average Bonchev–Trinajstić information content (AvgIpc) is 3.08. The fourth-order valence-corrected chi connectivity index (χ4v) is 11.3. The summed E-state index contributed by atoms with van der Waals surface area (Å²) in [5, 5.41) is 50.6. The zero-order valence-electron chi connectivity index (χ0n) is 31.2. The molecule has 0 heterocycles. The molecule has 0 bridgehead atoms. The highest BCUT2D eigenvalue weighted by molar-refractivity contribution is 6.30. The molecule has 5 N–H and O–H groups in total. The predicted molar refractivity (Wildman–Crippen MR) is 197 cm³/mol. The molecular weight excluding hydrogens is 656 g/mol. The molecule has 3 aromatic carbocycles. The van der Waals surface area contributed by atoms with Crippen molar-refractivity contribution in [3.8, 4) is 23.0 Å². The van der Waals surface area contributed by atoms with Crippen molar-refractivity contribution in [2.24, 2.45) is 27.6 Å². The van der Waals surface area contributed by atoms with Crippen LogP contribution in [-0.2, 0) is 16.6 Å². The van der Waals surface area contributed by atoms with Crippen LogP contribution in [0.4, 0.5) is 0 Å². The van der Waals surface area contributed by atoms with Gasteiger partial charge in [-0.05, 0) is 141 Å². The third-order valence-corrected chi connectivity index (χ3v) is 14.8. The van der Waals surface area contributed by atoms with Crippen LogP contribution in [0.25, 0.3) is 0 Å². The Morgan fingerprint density at radius 1 is 0.750 bits per heavy atom. The Hall–Kier alpha value is -4.59. The van der Waals surface area contributed by atoms with Crippen LogP contribution in [0.5, 0.6) is 23.0 Å². The molecule has 0 amide bonds. The summed E-state index contributed by atoms with van der Waals surface area (Å²) >= 11 is 0. The average molecular weight is 707 g/mol. The summed E-state index contributed by atoms with van der Waals surface area (Å²) in [7, 11) is 0. The lowest BCUT2D eigenvalue weighted by Crippen LogP contribution is -2.62. The van der Waals surface area contributed by atoms with Crippen LogP contribution in [0.15, 0.2) is 48.0 Å². The number of carbonyl (C=O) groups is 3. The van der Waals surface area contributed by atoms with E-state index in [0.29, 0.717) is 11.5 Å². The molecule has 3 fully saturated rings. The quantitative estimate of drug-likeness (QED) is 0.0973. The van der Waals surface area contributed by atoms with E-state index in [1.165, 1.54) is 35.4 Å². The van der Waals surface area contributed by atoms with Gasteiger partial charge in [-0.1, -0.05) is 51.5 Å². The Balaban J connectivity index is 0.000000187. The van der Waals surface area contributed by atoms with E-state index >= 15 is 0 Å². The summed E-state index contributed by atoms with van der Waals surface area (Å²) in [6.45, 7) is 15.3. The fraction of sp³-hybridized carbons (Fsp3) is 0.477. The topological polar surface area (TPSA) is 152 Å². The van der Waals surface area contributed by atoms with E-state index in [-0.39, 0.29) is 72.7 Å². The first kappa shape index (κ1) is 35.8. The second-order valence-electron chi connectivity index (χ2n) is 17.6. The molecule has 0 spiro atoms. The monoisotopic (exact) mass is 706 g/mol. The number of carbonyl (C=O) groups excluding carboxylic acids is 2. The predicted octanol–water partition coefficient (Wildman–Crippen LogP) is 8.83. The van der Waals surface area contributed by atoms with Crippen molar-refractivity contribution in [3.63, 3.8) is 0 Å². The van der Waals surface area contributed by atoms with Crippen LogP contribution in [0.3, 0.4) is 0 Å². The zero-order chi connectivity index (χ0) is 37.9. The fourth-order valence-electron chi connectivity index (χ4n) is 11.3. The molecule has 52 heavy (non-hydrogen) atoms. The molecule has 8 rings (SSSR count). The Labute approximate surface area is 305 Å². The number of benzene rings is 3. The molecule has 0 aromatic heterocycles. The van der Waals surface area contributed by atoms with Gasteiger partial charge in [-0.25, -0.2) is 0 Å². The molecule has 0 aliphatic heterocycles. The maximum atomic E-state index is 12.3. The van der Waals surface area contributed by atoms with Crippen LogP contribution in [0.2, 0.25) is 0 Å². The molecule has 5 aliphatic carbocycles. The third kappa shape index (κ3) is 4.74. The highest BCUT2D eigenvalue weighted by atomic mass is 16.4. The first-order valence-corrected chi connectivity index (χ1v) is 18.5. The number of allylic oxidation sites excluding steroid dienone is 2. The first-order valence-electron chi connectivity index (χ1n) is 18.5. The molecule has 3 aromatic rings. The van der Waals surface area contributed by atoms with Crippen LogP contribution in [0, 0.1) is 41.4 Å². The van der Waals surface area contributed by atoms with E-state index in [0.717, 1.165) is 62.5 Å². The van der Waals surface area contributed by atoms with E-state index in [1.807, 2.05) is 19.9 Å². The number of aliphatic carboxylic acids is 1. The molecule has 0 radical (unpaired) electrons. The Kier molecular flexibility index (Phi) is 7.88. The van der Waals surface area contributed by atoms with Crippen LogP contribution in [0.1, 0.15) is 134 Å². The van der Waals surface area contributed by atoms with Gasteiger partial charge in [0.05, 0.1) is 16.5 Å². The third-order valence-electron chi connectivity index (χ3n) is 14.8. The summed E-state index contributed by atoms with van der Waals surface area (Å²) in [6.07, 6.45) is 10.0. The van der Waals surface area contributed by atoms with Crippen molar-refractivity contribution in [2.75, 3.05) is 0 Å². The largest absolute Gasteiger partial charge is 0.507 e. The number of carboxylic acids is 1. The number of phenols is 4. The smallest absolute Gasteiger partial charge is 0.309 e. The number of aryl methyl sites for hydroxylation is 1. The summed E-state index contributed by atoms with van der Waals surface area (Å²) in [5.74, 6) is -1.65. The lowest BCUT2D eigenvalue weighted by molar-refractivity contribution is -0.177. The molecule has 274 valence electrons. The van der Waals surface area contributed by atoms with E-state index in [4.69, 9.17) is 0 Å². The number of ketones is 2. The Morgan fingerprint density at radius 2 is 1.42 bits per heavy atom. The van der Waals surface area contributed by atoms with Crippen molar-refractivity contribution in [2.45, 2.75) is 105 Å². The standard InChI is InChI=1S/C29H40O4.C15H10O4/c1-17-18-7-8-21-27(4,19(18)15-20(30)23(17)31)12-14-29(6)22-16-26(3,24(32)33)10-9-25(22,2)11-13-28(21,29)5;1-7-5-9-13(11(17)6-7)15(19)12-8(14(9)18)3-2-4-10(12)16/h8,15,22,30-31H,7,9-14,16H2,1-6H3,(H,32,33);2-6,16-17H,1H3. The van der Waals surface area contributed by atoms with E-state index < -0.39 is 17.2 Å². The van der Waals surface area contributed by atoms with Gasteiger partial charge in [0, 0.05) is 16.5 Å². The van der Waals surface area contributed by atoms with Crippen molar-refractivity contribution in [1.29, 1.82) is 0 Å². The minimum atomic E-state index is -0.641. The molecule has 8 heteroatoms. The Bertz CT molecular complexity index is 2130. The van der Waals surface area contributed by atoms with E-state index in [2.05, 4.69) is 33.8 Å². The lowest BCUT2D eigenvalue weighted by Gasteiger charge is -2.69. The van der Waals surface area contributed by atoms with Crippen LogP contribution in [-0.4, -0.2) is 43.1 Å². The zero-order valence-corrected chi connectivity index (χ0v) is 31.2. The molecule has 3 saturated carbocycles.